The normalized spacial score (nSPS) is 12.0. The molecule has 144 valence electrons. The second-order valence-electron chi connectivity index (χ2n) is 5.06. The summed E-state index contributed by atoms with van der Waals surface area (Å²) in [5, 5.41) is -1.37. The summed E-state index contributed by atoms with van der Waals surface area (Å²) in [6.07, 6.45) is -9.73. The van der Waals surface area contributed by atoms with Gasteiger partial charge in [0.25, 0.3) is 0 Å². The van der Waals surface area contributed by atoms with Gasteiger partial charge in [-0.05, 0) is 36.4 Å². The van der Waals surface area contributed by atoms with Crippen molar-refractivity contribution in [1.82, 2.24) is 0 Å². The largest absolute Gasteiger partial charge is 0.417 e. The maximum Gasteiger partial charge on any atom is 0.417 e. The maximum atomic E-state index is 12.8. The Morgan fingerprint density at radius 3 is 1.33 bits per heavy atom. The highest BCUT2D eigenvalue weighted by molar-refractivity contribution is 6.32. The van der Waals surface area contributed by atoms with Crippen molar-refractivity contribution in [3.8, 4) is 0 Å². The lowest BCUT2D eigenvalue weighted by atomic mass is 10.1. The van der Waals surface area contributed by atoms with Crippen LogP contribution < -0.4 is 0 Å². The topological polar surface area (TPSA) is 43.4 Å². The summed E-state index contributed by atoms with van der Waals surface area (Å²) in [4.78, 5) is 23.7. The van der Waals surface area contributed by atoms with Gasteiger partial charge in [-0.2, -0.15) is 26.3 Å². The molecule has 0 amide bonds. The van der Waals surface area contributed by atoms with E-state index in [-0.39, 0.29) is 0 Å². The van der Waals surface area contributed by atoms with Gasteiger partial charge in [-0.1, -0.05) is 23.2 Å². The van der Waals surface area contributed by atoms with Crippen LogP contribution in [0.1, 0.15) is 31.8 Å². The highest BCUT2D eigenvalue weighted by Gasteiger charge is 2.35. The standard InChI is InChI=1S/C16H6Cl2F6O3/c17-11-3-1-7(5-9(11)15(19,20)21)13(25)27-14(26)8-2-4-12(18)10(6-8)16(22,23)24/h1-6H. The molecule has 0 unspecified atom stereocenters. The smallest absolute Gasteiger partial charge is 0.386 e. The molecule has 0 bridgehead atoms. The van der Waals surface area contributed by atoms with E-state index in [2.05, 4.69) is 4.74 Å². The Kier molecular flexibility index (Phi) is 5.77. The number of halogens is 8. The van der Waals surface area contributed by atoms with Gasteiger partial charge in [-0.15, -0.1) is 0 Å². The first kappa shape index (κ1) is 21.0. The van der Waals surface area contributed by atoms with Crippen LogP contribution in [-0.4, -0.2) is 11.9 Å². The number of carbonyl (C=O) groups excluding carboxylic acids is 2. The Labute approximate surface area is 157 Å². The van der Waals surface area contributed by atoms with Crippen molar-refractivity contribution in [3.05, 3.63) is 68.7 Å². The van der Waals surface area contributed by atoms with Crippen molar-refractivity contribution in [2.45, 2.75) is 12.4 Å². The fraction of sp³-hybridized carbons (Fsp3) is 0.125. The van der Waals surface area contributed by atoms with Gasteiger partial charge < -0.3 is 4.74 Å². The van der Waals surface area contributed by atoms with Crippen LogP contribution in [0.3, 0.4) is 0 Å². The zero-order valence-corrected chi connectivity index (χ0v) is 14.2. The molecule has 0 aromatic heterocycles. The van der Waals surface area contributed by atoms with Gasteiger partial charge in [0, 0.05) is 0 Å². The molecule has 2 rings (SSSR count). The summed E-state index contributed by atoms with van der Waals surface area (Å²) in [7, 11) is 0. The number of ether oxygens (including phenoxy) is 1. The zero-order valence-electron chi connectivity index (χ0n) is 12.7. The molecule has 0 N–H and O–H groups in total. The molecule has 0 aliphatic rings. The maximum absolute atomic E-state index is 12.8. The van der Waals surface area contributed by atoms with Gasteiger partial charge >= 0.3 is 24.3 Å². The average Bonchev–Trinajstić information content (AvgIpc) is 2.53. The molecular weight excluding hydrogens is 425 g/mol. The third-order valence-corrected chi connectivity index (χ3v) is 3.86. The highest BCUT2D eigenvalue weighted by Crippen LogP contribution is 2.36. The van der Waals surface area contributed by atoms with Gasteiger partial charge in [0.2, 0.25) is 0 Å². The van der Waals surface area contributed by atoms with E-state index < -0.39 is 56.6 Å². The fourth-order valence-electron chi connectivity index (χ4n) is 1.94. The van der Waals surface area contributed by atoms with Gasteiger partial charge in [-0.25, -0.2) is 9.59 Å². The third-order valence-electron chi connectivity index (χ3n) is 3.20. The van der Waals surface area contributed by atoms with E-state index in [1.807, 2.05) is 0 Å². The van der Waals surface area contributed by atoms with E-state index in [1.165, 1.54) is 0 Å². The van der Waals surface area contributed by atoms with Gasteiger partial charge in [0.1, 0.15) is 0 Å². The van der Waals surface area contributed by atoms with Crippen molar-refractivity contribution >= 4 is 35.1 Å². The number of rotatable bonds is 2. The lowest BCUT2D eigenvalue weighted by Gasteiger charge is -2.11. The average molecular weight is 431 g/mol. The molecule has 2 aromatic rings. The number of alkyl halides is 6. The van der Waals surface area contributed by atoms with Gasteiger partial charge in [-0.3, -0.25) is 0 Å². The van der Waals surface area contributed by atoms with Crippen molar-refractivity contribution in [1.29, 1.82) is 0 Å². The summed E-state index contributed by atoms with van der Waals surface area (Å²) in [6, 6.07) is 4.01. The molecule has 3 nitrogen and oxygen atoms in total. The first-order valence-corrected chi connectivity index (χ1v) is 7.56. The lowest BCUT2D eigenvalue weighted by Crippen LogP contribution is -2.15. The minimum absolute atomic E-state index is 0.362. The predicted octanol–water partition coefficient (Wildman–Crippen LogP) is 6.03. The summed E-state index contributed by atoms with van der Waals surface area (Å²) in [6.45, 7) is 0. The van der Waals surface area contributed by atoms with E-state index in [4.69, 9.17) is 23.2 Å². The van der Waals surface area contributed by atoms with E-state index in [0.717, 1.165) is 24.3 Å². The van der Waals surface area contributed by atoms with E-state index >= 15 is 0 Å². The summed E-state index contributed by atoms with van der Waals surface area (Å²) in [5.41, 5.74) is -4.00. The third kappa shape index (κ3) is 4.92. The van der Waals surface area contributed by atoms with Crippen LogP contribution in [0.15, 0.2) is 36.4 Å². The second kappa shape index (κ2) is 7.40. The Bertz CT molecular complexity index is 833. The quantitative estimate of drug-likeness (QED) is 0.332. The van der Waals surface area contributed by atoms with Crippen molar-refractivity contribution in [2.75, 3.05) is 0 Å². The van der Waals surface area contributed by atoms with Crippen LogP contribution in [0.25, 0.3) is 0 Å². The highest BCUT2D eigenvalue weighted by atomic mass is 35.5. The van der Waals surface area contributed by atoms with Crippen LogP contribution in [-0.2, 0) is 17.1 Å². The number of hydrogen-bond acceptors (Lipinski definition) is 3. The SMILES string of the molecule is O=C(OC(=O)c1ccc(Cl)c(C(F)(F)F)c1)c1ccc(Cl)c(C(F)(F)F)c1. The minimum atomic E-state index is -4.87. The molecule has 0 aliphatic heterocycles. The number of benzene rings is 2. The Morgan fingerprint density at radius 1 is 0.704 bits per heavy atom. The predicted molar refractivity (Wildman–Crippen MR) is 82.7 cm³/mol. The molecule has 27 heavy (non-hydrogen) atoms. The first-order valence-electron chi connectivity index (χ1n) is 6.80. The molecule has 0 atom stereocenters. The van der Waals surface area contributed by atoms with Gasteiger partial charge in [0.05, 0.1) is 32.3 Å². The van der Waals surface area contributed by atoms with Crippen molar-refractivity contribution < 1.29 is 40.7 Å². The molecule has 0 aliphatic carbocycles. The van der Waals surface area contributed by atoms with Crippen LogP contribution >= 0.6 is 23.2 Å². The van der Waals surface area contributed by atoms with E-state index in [0.29, 0.717) is 12.1 Å². The van der Waals surface area contributed by atoms with Crippen LogP contribution in [0.2, 0.25) is 10.0 Å². The minimum Gasteiger partial charge on any atom is -0.386 e. The molecule has 0 saturated heterocycles. The van der Waals surface area contributed by atoms with Crippen molar-refractivity contribution in [3.63, 3.8) is 0 Å². The summed E-state index contributed by atoms with van der Waals surface area (Å²) >= 11 is 10.8. The van der Waals surface area contributed by atoms with E-state index in [1.54, 1.807) is 0 Å². The van der Waals surface area contributed by atoms with Crippen LogP contribution in [0.5, 0.6) is 0 Å². The Morgan fingerprint density at radius 2 is 1.04 bits per heavy atom. The molecule has 0 saturated carbocycles. The Balaban J connectivity index is 2.28. The number of esters is 2. The molecule has 11 heteroatoms. The Hall–Kier alpha value is -2.26. The molecule has 0 radical (unpaired) electrons. The fourth-order valence-corrected chi connectivity index (χ4v) is 2.39. The van der Waals surface area contributed by atoms with Crippen molar-refractivity contribution in [2.24, 2.45) is 0 Å². The van der Waals surface area contributed by atoms with E-state index in [9.17, 15) is 35.9 Å². The second-order valence-corrected chi connectivity index (χ2v) is 5.88. The zero-order chi connectivity index (χ0) is 20.6. The monoisotopic (exact) mass is 430 g/mol. The summed E-state index contributed by atoms with van der Waals surface area (Å²) < 4.78 is 81.1. The first-order chi connectivity index (χ1) is 12.3. The molecular formula is C16H6Cl2F6O3. The molecule has 0 fully saturated rings. The van der Waals surface area contributed by atoms with Crippen LogP contribution in [0, 0.1) is 0 Å². The van der Waals surface area contributed by atoms with Gasteiger partial charge in [0.15, 0.2) is 0 Å². The lowest BCUT2D eigenvalue weighted by molar-refractivity contribution is -0.138. The number of hydrogen-bond donors (Lipinski definition) is 0. The number of carbonyl (C=O) groups is 2. The molecule has 2 aromatic carbocycles. The molecule has 0 heterocycles. The molecule has 0 spiro atoms. The summed E-state index contributed by atoms with van der Waals surface area (Å²) in [5.74, 6) is -2.99. The van der Waals surface area contributed by atoms with Crippen LogP contribution in [0.4, 0.5) is 26.3 Å².